The third-order valence-electron chi connectivity index (χ3n) is 5.18. The lowest BCUT2D eigenvalue weighted by Gasteiger charge is -2.19. The zero-order chi connectivity index (χ0) is 23.3. The maximum atomic E-state index is 12.3. The summed E-state index contributed by atoms with van der Waals surface area (Å²) in [5.41, 5.74) is 9.09. The largest absolute Gasteiger partial charge is 0.489 e. The van der Waals surface area contributed by atoms with Gasteiger partial charge in [0.15, 0.2) is 0 Å². The number of aryl methyl sites for hydroxylation is 2. The molecule has 0 saturated carbocycles. The van der Waals surface area contributed by atoms with Gasteiger partial charge in [-0.15, -0.1) is 0 Å². The summed E-state index contributed by atoms with van der Waals surface area (Å²) in [6, 6.07) is 14.6. The van der Waals surface area contributed by atoms with Crippen LogP contribution in [0.15, 0.2) is 53.1 Å². The summed E-state index contributed by atoms with van der Waals surface area (Å²) in [5.74, 6) is 0.750. The maximum absolute atomic E-state index is 12.3. The summed E-state index contributed by atoms with van der Waals surface area (Å²) in [4.78, 5) is 24.5. The lowest BCUT2D eigenvalue weighted by molar-refractivity contribution is -0.121. The van der Waals surface area contributed by atoms with Crippen LogP contribution < -0.4 is 15.6 Å². The van der Waals surface area contributed by atoms with Crippen LogP contribution in [0.25, 0.3) is 0 Å². The number of carbonyl (C=O) groups excluding carboxylic acids is 2. The van der Waals surface area contributed by atoms with Gasteiger partial charge < -0.3 is 9.26 Å². The highest BCUT2D eigenvalue weighted by molar-refractivity contribution is 5.95. The van der Waals surface area contributed by atoms with Gasteiger partial charge in [0.1, 0.15) is 18.1 Å². The van der Waals surface area contributed by atoms with Gasteiger partial charge in [0.05, 0.1) is 17.7 Å². The van der Waals surface area contributed by atoms with Crippen molar-refractivity contribution in [3.8, 4) is 5.75 Å². The number of nitrogens with zero attached hydrogens (tertiary/aromatic N) is 1. The third-order valence-corrected chi connectivity index (χ3v) is 5.18. The molecule has 0 atom stereocenters. The molecule has 1 heterocycles. The monoisotopic (exact) mass is 435 g/mol. The second-order valence-electron chi connectivity index (χ2n) is 8.74. The molecule has 3 aromatic rings. The Morgan fingerprint density at radius 1 is 0.969 bits per heavy atom. The number of hydrazine groups is 1. The lowest BCUT2D eigenvalue weighted by atomic mass is 9.87. The molecule has 2 N–H and O–H groups in total. The second kappa shape index (κ2) is 9.68. The fourth-order valence-electron chi connectivity index (χ4n) is 3.12. The average Bonchev–Trinajstić information content (AvgIpc) is 3.08. The second-order valence-corrected chi connectivity index (χ2v) is 8.74. The summed E-state index contributed by atoms with van der Waals surface area (Å²) < 4.78 is 10.9. The van der Waals surface area contributed by atoms with Gasteiger partial charge >= 0.3 is 0 Å². The molecule has 168 valence electrons. The molecule has 0 aliphatic heterocycles. The quantitative estimate of drug-likeness (QED) is 0.567. The molecule has 0 aliphatic rings. The van der Waals surface area contributed by atoms with Crippen molar-refractivity contribution >= 4 is 11.8 Å². The minimum absolute atomic E-state index is 0.0121. The van der Waals surface area contributed by atoms with Crippen LogP contribution in [0.5, 0.6) is 5.75 Å². The van der Waals surface area contributed by atoms with Gasteiger partial charge in [0.25, 0.3) is 5.91 Å². The molecule has 0 bridgehead atoms. The summed E-state index contributed by atoms with van der Waals surface area (Å²) in [6.07, 6.45) is 0.132. The number of carbonyl (C=O) groups is 2. The first-order valence-electron chi connectivity index (χ1n) is 10.5. The highest BCUT2D eigenvalue weighted by atomic mass is 16.5. The van der Waals surface area contributed by atoms with Crippen LogP contribution in [-0.2, 0) is 23.2 Å². The van der Waals surface area contributed by atoms with Crippen molar-refractivity contribution in [1.82, 2.24) is 16.0 Å². The van der Waals surface area contributed by atoms with Crippen LogP contribution in [-0.4, -0.2) is 17.0 Å². The maximum Gasteiger partial charge on any atom is 0.269 e. The van der Waals surface area contributed by atoms with Gasteiger partial charge in [0.2, 0.25) is 5.91 Å². The molecular weight excluding hydrogens is 406 g/mol. The number of hydrogen-bond acceptors (Lipinski definition) is 5. The predicted molar refractivity (Wildman–Crippen MR) is 121 cm³/mol. The zero-order valence-electron chi connectivity index (χ0n) is 19.1. The molecule has 2 aromatic carbocycles. The molecule has 32 heavy (non-hydrogen) atoms. The Balaban J connectivity index is 1.47. The molecule has 1 aromatic heterocycles. The first-order chi connectivity index (χ1) is 15.1. The molecule has 2 amide bonds. The summed E-state index contributed by atoms with van der Waals surface area (Å²) in [5, 5.41) is 3.91. The van der Waals surface area contributed by atoms with E-state index >= 15 is 0 Å². The molecule has 7 nitrogen and oxygen atoms in total. The van der Waals surface area contributed by atoms with Crippen LogP contribution in [0.4, 0.5) is 0 Å². The zero-order valence-corrected chi connectivity index (χ0v) is 19.1. The van der Waals surface area contributed by atoms with Gasteiger partial charge in [0, 0.05) is 5.56 Å². The Hall–Kier alpha value is -3.61. The Morgan fingerprint density at radius 2 is 1.62 bits per heavy atom. The van der Waals surface area contributed by atoms with E-state index in [2.05, 4.69) is 36.8 Å². The molecular formula is C25H29N3O4. The predicted octanol–water partition coefficient (Wildman–Crippen LogP) is 4.17. The van der Waals surface area contributed by atoms with E-state index in [-0.39, 0.29) is 23.7 Å². The van der Waals surface area contributed by atoms with Crippen LogP contribution in [0, 0.1) is 13.8 Å². The van der Waals surface area contributed by atoms with Gasteiger partial charge in [-0.2, -0.15) is 0 Å². The van der Waals surface area contributed by atoms with E-state index < -0.39 is 0 Å². The minimum atomic E-state index is -0.359. The smallest absolute Gasteiger partial charge is 0.269 e. The Morgan fingerprint density at radius 3 is 2.19 bits per heavy atom. The minimum Gasteiger partial charge on any atom is -0.489 e. The molecule has 0 aliphatic carbocycles. The molecule has 0 unspecified atom stereocenters. The van der Waals surface area contributed by atoms with Crippen molar-refractivity contribution in [2.24, 2.45) is 0 Å². The molecule has 0 spiro atoms. The van der Waals surface area contributed by atoms with Gasteiger partial charge in [-0.05, 0) is 54.7 Å². The number of rotatable bonds is 6. The average molecular weight is 436 g/mol. The molecule has 0 saturated heterocycles. The van der Waals surface area contributed by atoms with E-state index in [9.17, 15) is 9.59 Å². The molecule has 3 rings (SSSR count). The van der Waals surface area contributed by atoms with Crippen LogP contribution in [0.1, 0.15) is 59.3 Å². The number of amides is 2. The highest BCUT2D eigenvalue weighted by Gasteiger charge is 2.15. The first kappa shape index (κ1) is 23.1. The fourth-order valence-corrected chi connectivity index (χ4v) is 3.12. The SMILES string of the molecule is Cc1noc(C)c1COc1ccc(CC(=O)NNC(=O)c2ccc(C(C)(C)C)cc2)cc1. The third kappa shape index (κ3) is 5.97. The van der Waals surface area contributed by atoms with E-state index in [0.717, 1.165) is 28.1 Å². The van der Waals surface area contributed by atoms with Crippen LogP contribution in [0.2, 0.25) is 0 Å². The highest BCUT2D eigenvalue weighted by Crippen LogP contribution is 2.22. The van der Waals surface area contributed by atoms with Gasteiger partial charge in [-0.25, -0.2) is 0 Å². The van der Waals surface area contributed by atoms with E-state index in [1.807, 2.05) is 38.1 Å². The normalized spacial score (nSPS) is 11.2. The van der Waals surface area contributed by atoms with Crippen LogP contribution in [0.3, 0.4) is 0 Å². The standard InChI is InChI=1S/C25H29N3O4/c1-16-22(17(2)32-28-16)15-31-21-12-6-18(7-13-21)14-23(29)26-27-24(30)19-8-10-20(11-9-19)25(3,4)5/h6-13H,14-15H2,1-5H3,(H,26,29)(H,27,30). The van der Waals surface area contributed by atoms with Crippen molar-refractivity contribution < 1.29 is 18.8 Å². The van der Waals surface area contributed by atoms with Gasteiger partial charge in [-0.3, -0.25) is 20.4 Å². The molecule has 7 heteroatoms. The number of hydrogen-bond donors (Lipinski definition) is 2. The van der Waals surface area contributed by atoms with Crippen molar-refractivity contribution in [3.63, 3.8) is 0 Å². The van der Waals surface area contributed by atoms with Gasteiger partial charge in [-0.1, -0.05) is 50.2 Å². The topological polar surface area (TPSA) is 93.5 Å². The van der Waals surface area contributed by atoms with Crippen molar-refractivity contribution in [2.45, 2.75) is 53.1 Å². The first-order valence-corrected chi connectivity index (χ1v) is 10.5. The fraction of sp³-hybridized carbons (Fsp3) is 0.320. The van der Waals surface area contributed by atoms with E-state index in [4.69, 9.17) is 9.26 Å². The Kier molecular flexibility index (Phi) is 6.98. The number of nitrogens with one attached hydrogen (secondary N) is 2. The van der Waals surface area contributed by atoms with Crippen molar-refractivity contribution in [2.75, 3.05) is 0 Å². The molecule has 0 fully saturated rings. The molecule has 0 radical (unpaired) electrons. The summed E-state index contributed by atoms with van der Waals surface area (Å²) in [7, 11) is 0. The number of ether oxygens (including phenoxy) is 1. The Bertz CT molecular complexity index is 1060. The Labute approximate surface area is 188 Å². The van der Waals surface area contributed by atoms with Crippen LogP contribution >= 0.6 is 0 Å². The number of benzene rings is 2. The van der Waals surface area contributed by atoms with E-state index in [0.29, 0.717) is 17.9 Å². The van der Waals surface area contributed by atoms with Crippen molar-refractivity contribution in [1.29, 1.82) is 0 Å². The number of aromatic nitrogens is 1. The summed E-state index contributed by atoms with van der Waals surface area (Å²) in [6.45, 7) is 10.4. The van der Waals surface area contributed by atoms with E-state index in [1.165, 1.54) is 0 Å². The summed E-state index contributed by atoms with van der Waals surface area (Å²) >= 11 is 0. The lowest BCUT2D eigenvalue weighted by Crippen LogP contribution is -2.42. The van der Waals surface area contributed by atoms with Crippen molar-refractivity contribution in [3.05, 3.63) is 82.2 Å². The van der Waals surface area contributed by atoms with E-state index in [1.54, 1.807) is 24.3 Å².